The molecule has 0 aliphatic carbocycles. The van der Waals surface area contributed by atoms with Crippen LogP contribution in [0.2, 0.25) is 0 Å². The Kier molecular flexibility index (Phi) is 6.22. The highest BCUT2D eigenvalue weighted by Crippen LogP contribution is 2.27. The fraction of sp³-hybridized carbons (Fsp3) is 0.538. The zero-order chi connectivity index (χ0) is 15.2. The zero-order valence-electron chi connectivity index (χ0n) is 11.0. The minimum absolute atomic E-state index is 0.0194. The molecule has 0 radical (unpaired) electrons. The van der Waals surface area contributed by atoms with Crippen LogP contribution in [-0.4, -0.2) is 24.1 Å². The monoisotopic (exact) mass is 295 g/mol. The van der Waals surface area contributed by atoms with E-state index in [0.717, 1.165) is 6.07 Å². The van der Waals surface area contributed by atoms with Crippen LogP contribution >= 0.6 is 0 Å². The average Bonchev–Trinajstić information content (AvgIpc) is 2.33. The Morgan fingerprint density at radius 2 is 2.05 bits per heavy atom. The Balaban J connectivity index is 2.69. The SMILES string of the molecule is CC(CCCO)NCc1ccc(F)cc1OC(F)(F)F. The third kappa shape index (κ3) is 6.21. The van der Waals surface area contributed by atoms with Crippen molar-refractivity contribution in [2.24, 2.45) is 0 Å². The van der Waals surface area contributed by atoms with Crippen molar-refractivity contribution in [1.82, 2.24) is 5.32 Å². The van der Waals surface area contributed by atoms with E-state index >= 15 is 0 Å². The van der Waals surface area contributed by atoms with Gasteiger partial charge in [-0.3, -0.25) is 0 Å². The van der Waals surface area contributed by atoms with Crippen molar-refractivity contribution in [1.29, 1.82) is 0 Å². The van der Waals surface area contributed by atoms with E-state index in [0.29, 0.717) is 18.9 Å². The van der Waals surface area contributed by atoms with Crippen LogP contribution < -0.4 is 10.1 Å². The van der Waals surface area contributed by atoms with Crippen molar-refractivity contribution in [2.45, 2.75) is 38.7 Å². The summed E-state index contributed by atoms with van der Waals surface area (Å²) in [6.07, 6.45) is -3.57. The molecular formula is C13H17F4NO2. The van der Waals surface area contributed by atoms with E-state index in [9.17, 15) is 17.6 Å². The number of rotatable bonds is 7. The summed E-state index contributed by atoms with van der Waals surface area (Å²) in [6, 6.07) is 3.06. The quantitative estimate of drug-likeness (QED) is 0.760. The van der Waals surface area contributed by atoms with Crippen molar-refractivity contribution < 1.29 is 27.4 Å². The van der Waals surface area contributed by atoms with Crippen LogP contribution in [0.3, 0.4) is 0 Å². The molecule has 1 aromatic carbocycles. The number of alkyl halides is 3. The largest absolute Gasteiger partial charge is 0.573 e. The topological polar surface area (TPSA) is 41.5 Å². The van der Waals surface area contributed by atoms with E-state index in [2.05, 4.69) is 10.1 Å². The highest BCUT2D eigenvalue weighted by atomic mass is 19.4. The first kappa shape index (κ1) is 16.7. The molecule has 1 aromatic rings. The normalized spacial score (nSPS) is 13.3. The van der Waals surface area contributed by atoms with Crippen LogP contribution in [0.5, 0.6) is 5.75 Å². The zero-order valence-corrected chi connectivity index (χ0v) is 11.0. The third-order valence-corrected chi connectivity index (χ3v) is 2.69. The van der Waals surface area contributed by atoms with Gasteiger partial charge in [0, 0.05) is 30.8 Å². The lowest BCUT2D eigenvalue weighted by Crippen LogP contribution is -2.26. The maximum Gasteiger partial charge on any atom is 0.573 e. The molecule has 114 valence electrons. The van der Waals surface area contributed by atoms with Crippen molar-refractivity contribution in [3.63, 3.8) is 0 Å². The molecule has 20 heavy (non-hydrogen) atoms. The second-order valence-corrected chi connectivity index (χ2v) is 4.45. The molecule has 0 bridgehead atoms. The number of benzene rings is 1. The number of hydrogen-bond acceptors (Lipinski definition) is 3. The van der Waals surface area contributed by atoms with Gasteiger partial charge >= 0.3 is 6.36 Å². The molecule has 0 aliphatic rings. The van der Waals surface area contributed by atoms with Crippen LogP contribution in [0.15, 0.2) is 18.2 Å². The first-order valence-corrected chi connectivity index (χ1v) is 6.20. The number of ether oxygens (including phenoxy) is 1. The molecule has 0 amide bonds. The van der Waals surface area contributed by atoms with Gasteiger partial charge in [0.15, 0.2) is 0 Å². The molecule has 0 saturated heterocycles. The summed E-state index contributed by atoms with van der Waals surface area (Å²) in [4.78, 5) is 0. The van der Waals surface area contributed by atoms with E-state index < -0.39 is 17.9 Å². The van der Waals surface area contributed by atoms with Crippen molar-refractivity contribution in [3.8, 4) is 5.75 Å². The molecule has 0 aliphatic heterocycles. The fourth-order valence-electron chi connectivity index (χ4n) is 1.68. The van der Waals surface area contributed by atoms with Gasteiger partial charge in [0.05, 0.1) is 0 Å². The number of halogens is 4. The molecule has 7 heteroatoms. The smallest absolute Gasteiger partial charge is 0.405 e. The number of aliphatic hydroxyl groups excluding tert-OH is 1. The van der Waals surface area contributed by atoms with Gasteiger partial charge in [-0.25, -0.2) is 4.39 Å². The molecule has 3 nitrogen and oxygen atoms in total. The van der Waals surface area contributed by atoms with Gasteiger partial charge in [0.2, 0.25) is 0 Å². The Hall–Kier alpha value is -1.34. The molecule has 2 N–H and O–H groups in total. The van der Waals surface area contributed by atoms with Crippen molar-refractivity contribution in [2.75, 3.05) is 6.61 Å². The second kappa shape index (κ2) is 7.44. The van der Waals surface area contributed by atoms with Crippen LogP contribution in [0.1, 0.15) is 25.3 Å². The Morgan fingerprint density at radius 1 is 1.35 bits per heavy atom. The minimum Gasteiger partial charge on any atom is -0.405 e. The van der Waals surface area contributed by atoms with Crippen LogP contribution in [0, 0.1) is 5.82 Å². The lowest BCUT2D eigenvalue weighted by molar-refractivity contribution is -0.275. The second-order valence-electron chi connectivity index (χ2n) is 4.45. The number of hydrogen-bond donors (Lipinski definition) is 2. The van der Waals surface area contributed by atoms with Crippen LogP contribution in [0.4, 0.5) is 17.6 Å². The maximum atomic E-state index is 13.0. The van der Waals surface area contributed by atoms with Crippen molar-refractivity contribution >= 4 is 0 Å². The molecule has 0 aromatic heterocycles. The van der Waals surface area contributed by atoms with Gasteiger partial charge < -0.3 is 15.2 Å². The summed E-state index contributed by atoms with van der Waals surface area (Å²) < 4.78 is 53.5. The summed E-state index contributed by atoms with van der Waals surface area (Å²) in [5, 5.41) is 11.7. The van der Waals surface area contributed by atoms with E-state index in [4.69, 9.17) is 5.11 Å². The molecule has 1 atom stereocenters. The average molecular weight is 295 g/mol. The standard InChI is InChI=1S/C13H17F4NO2/c1-9(3-2-6-19)18-8-10-4-5-11(14)7-12(10)20-13(15,16)17/h4-5,7,9,18-19H,2-3,6,8H2,1H3. The molecule has 0 fully saturated rings. The lowest BCUT2D eigenvalue weighted by Gasteiger charge is -2.16. The van der Waals surface area contributed by atoms with E-state index in [-0.39, 0.29) is 24.8 Å². The Labute approximate surface area is 114 Å². The van der Waals surface area contributed by atoms with Crippen LogP contribution in [-0.2, 0) is 6.54 Å². The number of aliphatic hydroxyl groups is 1. The molecular weight excluding hydrogens is 278 g/mol. The maximum absolute atomic E-state index is 13.0. The van der Waals surface area contributed by atoms with Gasteiger partial charge in [-0.15, -0.1) is 13.2 Å². The fourth-order valence-corrected chi connectivity index (χ4v) is 1.68. The van der Waals surface area contributed by atoms with Gasteiger partial charge in [0.1, 0.15) is 11.6 Å². The first-order chi connectivity index (χ1) is 9.31. The highest BCUT2D eigenvalue weighted by molar-refractivity contribution is 5.34. The van der Waals surface area contributed by atoms with Gasteiger partial charge in [-0.05, 0) is 25.8 Å². The molecule has 1 rings (SSSR count). The Morgan fingerprint density at radius 3 is 2.65 bits per heavy atom. The molecule has 0 spiro atoms. The van der Waals surface area contributed by atoms with E-state index in [1.807, 2.05) is 6.92 Å². The summed E-state index contributed by atoms with van der Waals surface area (Å²) >= 11 is 0. The predicted molar refractivity (Wildman–Crippen MR) is 65.7 cm³/mol. The molecule has 0 heterocycles. The lowest BCUT2D eigenvalue weighted by atomic mass is 10.1. The summed E-state index contributed by atoms with van der Waals surface area (Å²) in [6.45, 7) is 2.03. The third-order valence-electron chi connectivity index (χ3n) is 2.69. The van der Waals surface area contributed by atoms with E-state index in [1.165, 1.54) is 6.07 Å². The van der Waals surface area contributed by atoms with E-state index in [1.54, 1.807) is 0 Å². The van der Waals surface area contributed by atoms with Gasteiger partial charge in [-0.2, -0.15) is 0 Å². The predicted octanol–water partition coefficient (Wildman–Crippen LogP) is 2.97. The van der Waals surface area contributed by atoms with Gasteiger partial charge in [0.25, 0.3) is 0 Å². The Bertz CT molecular complexity index is 423. The summed E-state index contributed by atoms with van der Waals surface area (Å²) in [7, 11) is 0. The van der Waals surface area contributed by atoms with Gasteiger partial charge in [-0.1, -0.05) is 6.07 Å². The summed E-state index contributed by atoms with van der Waals surface area (Å²) in [5.41, 5.74) is 0.222. The number of nitrogens with one attached hydrogen (secondary N) is 1. The van der Waals surface area contributed by atoms with Crippen molar-refractivity contribution in [3.05, 3.63) is 29.6 Å². The highest BCUT2D eigenvalue weighted by Gasteiger charge is 2.32. The first-order valence-electron chi connectivity index (χ1n) is 6.20. The molecule has 0 saturated carbocycles. The molecule has 1 unspecified atom stereocenters. The minimum atomic E-state index is -4.86. The summed E-state index contributed by atoms with van der Waals surface area (Å²) in [5.74, 6) is -1.33. The van der Waals surface area contributed by atoms with Crippen LogP contribution in [0.25, 0.3) is 0 Å².